The second kappa shape index (κ2) is 8.31. The molecule has 1 saturated heterocycles. The summed E-state index contributed by atoms with van der Waals surface area (Å²) < 4.78 is 5.79. The number of non-ortho nitro benzene ring substituents is 1. The number of aryl methyl sites for hydroxylation is 2. The predicted molar refractivity (Wildman–Crippen MR) is 115 cm³/mol. The van der Waals surface area contributed by atoms with E-state index < -0.39 is 11.0 Å². The van der Waals surface area contributed by atoms with Gasteiger partial charge in [-0.1, -0.05) is 18.2 Å². The van der Waals surface area contributed by atoms with E-state index in [-0.39, 0.29) is 11.6 Å². The van der Waals surface area contributed by atoms with Crippen molar-refractivity contribution < 1.29 is 14.5 Å². The fourth-order valence-corrected chi connectivity index (χ4v) is 4.23. The van der Waals surface area contributed by atoms with Gasteiger partial charge in [0.05, 0.1) is 16.7 Å². The lowest BCUT2D eigenvalue weighted by Crippen LogP contribution is -2.48. The zero-order valence-electron chi connectivity index (χ0n) is 17.3. The molecule has 158 valence electrons. The standard InChI is InChI=1S/C22H26N4O4/c1-15-4-3-5-16(2)21(15)25-12-10-24(11-13-25)9-8-19-22(27)23-18-7-6-17(26(28)29)14-20(18)30-19/h3-7,14,19H,8-13H2,1-2H3,(H,23,27)/t19-/m1/s1. The molecule has 1 fully saturated rings. The van der Waals surface area contributed by atoms with Gasteiger partial charge in [-0.25, -0.2) is 0 Å². The number of piperazine rings is 1. The van der Waals surface area contributed by atoms with Crippen molar-refractivity contribution in [2.75, 3.05) is 42.9 Å². The number of ether oxygens (including phenoxy) is 1. The first-order valence-corrected chi connectivity index (χ1v) is 10.2. The van der Waals surface area contributed by atoms with E-state index >= 15 is 0 Å². The molecule has 2 aromatic rings. The molecule has 0 spiro atoms. The highest BCUT2D eigenvalue weighted by Crippen LogP contribution is 2.34. The highest BCUT2D eigenvalue weighted by atomic mass is 16.6. The SMILES string of the molecule is Cc1cccc(C)c1N1CCN(CC[C@H]2Oc3cc([N+](=O)[O-])ccc3NC2=O)CC1. The van der Waals surface area contributed by atoms with Crippen molar-refractivity contribution in [3.05, 3.63) is 57.6 Å². The van der Waals surface area contributed by atoms with Crippen molar-refractivity contribution in [1.29, 1.82) is 0 Å². The number of benzene rings is 2. The van der Waals surface area contributed by atoms with Crippen LogP contribution in [0.3, 0.4) is 0 Å². The Morgan fingerprint density at radius 2 is 1.83 bits per heavy atom. The van der Waals surface area contributed by atoms with Gasteiger partial charge in [0.25, 0.3) is 11.6 Å². The van der Waals surface area contributed by atoms with Gasteiger partial charge < -0.3 is 15.0 Å². The Labute approximate surface area is 175 Å². The molecular formula is C22H26N4O4. The summed E-state index contributed by atoms with van der Waals surface area (Å²) in [5, 5.41) is 13.8. The lowest BCUT2D eigenvalue weighted by atomic mass is 10.1. The number of rotatable bonds is 5. The smallest absolute Gasteiger partial charge is 0.273 e. The number of nitrogens with zero attached hydrogens (tertiary/aromatic N) is 3. The van der Waals surface area contributed by atoms with Crippen molar-refractivity contribution >= 4 is 23.0 Å². The van der Waals surface area contributed by atoms with Gasteiger partial charge in [-0.3, -0.25) is 19.8 Å². The molecule has 2 aromatic carbocycles. The molecule has 0 radical (unpaired) electrons. The Hall–Kier alpha value is -3.13. The Balaban J connectivity index is 1.33. The van der Waals surface area contributed by atoms with Gasteiger partial charge in [0, 0.05) is 50.9 Å². The van der Waals surface area contributed by atoms with Crippen molar-refractivity contribution in [2.24, 2.45) is 0 Å². The number of hydrogen-bond acceptors (Lipinski definition) is 6. The average Bonchev–Trinajstić information content (AvgIpc) is 2.72. The lowest BCUT2D eigenvalue weighted by Gasteiger charge is -2.38. The van der Waals surface area contributed by atoms with Crippen molar-refractivity contribution in [2.45, 2.75) is 26.4 Å². The molecule has 2 aliphatic rings. The number of carbonyl (C=O) groups is 1. The number of carbonyl (C=O) groups excluding carboxylic acids is 1. The van der Waals surface area contributed by atoms with Crippen LogP contribution in [0, 0.1) is 24.0 Å². The summed E-state index contributed by atoms with van der Waals surface area (Å²) >= 11 is 0. The van der Waals surface area contributed by atoms with E-state index in [4.69, 9.17) is 4.74 Å². The van der Waals surface area contributed by atoms with Crippen LogP contribution in [-0.4, -0.2) is 54.6 Å². The number of amides is 1. The first kappa shape index (κ1) is 20.2. The van der Waals surface area contributed by atoms with Gasteiger partial charge in [-0.15, -0.1) is 0 Å². The van der Waals surface area contributed by atoms with E-state index in [1.165, 1.54) is 35.0 Å². The zero-order chi connectivity index (χ0) is 21.3. The maximum Gasteiger partial charge on any atom is 0.273 e. The number of nitro groups is 1. The van der Waals surface area contributed by atoms with Crippen LogP contribution in [0.1, 0.15) is 17.5 Å². The van der Waals surface area contributed by atoms with E-state index in [9.17, 15) is 14.9 Å². The van der Waals surface area contributed by atoms with Gasteiger partial charge in [-0.05, 0) is 31.0 Å². The van der Waals surface area contributed by atoms with Crippen LogP contribution in [0.4, 0.5) is 17.1 Å². The third-order valence-electron chi connectivity index (χ3n) is 5.83. The fourth-order valence-electron chi connectivity index (χ4n) is 4.23. The minimum atomic E-state index is -0.642. The van der Waals surface area contributed by atoms with Gasteiger partial charge in [0.1, 0.15) is 0 Å². The quantitative estimate of drug-likeness (QED) is 0.602. The molecule has 0 aromatic heterocycles. The summed E-state index contributed by atoms with van der Waals surface area (Å²) in [7, 11) is 0. The molecule has 30 heavy (non-hydrogen) atoms. The molecule has 1 atom stereocenters. The second-order valence-corrected chi connectivity index (χ2v) is 7.89. The molecule has 1 N–H and O–H groups in total. The van der Waals surface area contributed by atoms with Crippen LogP contribution >= 0.6 is 0 Å². The summed E-state index contributed by atoms with van der Waals surface area (Å²) in [4.78, 5) is 27.7. The van der Waals surface area contributed by atoms with Crippen LogP contribution < -0.4 is 15.0 Å². The van der Waals surface area contributed by atoms with E-state index in [1.54, 1.807) is 0 Å². The first-order valence-electron chi connectivity index (χ1n) is 10.2. The highest BCUT2D eigenvalue weighted by Gasteiger charge is 2.30. The third-order valence-corrected chi connectivity index (χ3v) is 5.83. The third kappa shape index (κ3) is 4.09. The van der Waals surface area contributed by atoms with Crippen LogP contribution in [0.15, 0.2) is 36.4 Å². The molecule has 2 heterocycles. The Morgan fingerprint density at radius 3 is 2.50 bits per heavy atom. The number of fused-ring (bicyclic) bond motifs is 1. The monoisotopic (exact) mass is 410 g/mol. The van der Waals surface area contributed by atoms with E-state index in [0.717, 1.165) is 32.7 Å². The number of hydrogen-bond donors (Lipinski definition) is 1. The van der Waals surface area contributed by atoms with Crippen LogP contribution in [-0.2, 0) is 4.79 Å². The minimum absolute atomic E-state index is 0.0498. The molecule has 0 unspecified atom stereocenters. The largest absolute Gasteiger partial charge is 0.478 e. The fraction of sp³-hybridized carbons (Fsp3) is 0.409. The van der Waals surface area contributed by atoms with Crippen LogP contribution in [0.2, 0.25) is 0 Å². The summed E-state index contributed by atoms with van der Waals surface area (Å²) in [6.07, 6.45) is -0.103. The lowest BCUT2D eigenvalue weighted by molar-refractivity contribution is -0.384. The van der Waals surface area contributed by atoms with Gasteiger partial charge in [0.15, 0.2) is 11.9 Å². The number of nitro benzene ring substituents is 1. The summed E-state index contributed by atoms with van der Waals surface area (Å²) in [5.74, 6) is 0.152. The summed E-state index contributed by atoms with van der Waals surface area (Å²) in [5.41, 5.74) is 4.34. The normalized spacial score (nSPS) is 19.1. The molecule has 8 heteroatoms. The predicted octanol–water partition coefficient (Wildman–Crippen LogP) is 3.12. The molecule has 1 amide bonds. The highest BCUT2D eigenvalue weighted by molar-refractivity contribution is 5.97. The summed E-state index contributed by atoms with van der Waals surface area (Å²) in [6, 6.07) is 10.6. The van der Waals surface area contributed by atoms with Crippen LogP contribution in [0.25, 0.3) is 0 Å². The molecule has 4 rings (SSSR count). The van der Waals surface area contributed by atoms with Crippen molar-refractivity contribution in [1.82, 2.24) is 4.90 Å². The van der Waals surface area contributed by atoms with E-state index in [0.29, 0.717) is 17.9 Å². The molecule has 0 bridgehead atoms. The van der Waals surface area contributed by atoms with Crippen molar-refractivity contribution in [3.63, 3.8) is 0 Å². The average molecular weight is 410 g/mol. The Morgan fingerprint density at radius 1 is 1.13 bits per heavy atom. The van der Waals surface area contributed by atoms with Crippen LogP contribution in [0.5, 0.6) is 5.75 Å². The second-order valence-electron chi connectivity index (χ2n) is 7.89. The van der Waals surface area contributed by atoms with E-state index in [1.807, 2.05) is 0 Å². The maximum atomic E-state index is 12.4. The van der Waals surface area contributed by atoms with Crippen molar-refractivity contribution in [3.8, 4) is 5.75 Å². The Kier molecular flexibility index (Phi) is 5.59. The number of anilines is 2. The molecular weight excluding hydrogens is 384 g/mol. The molecule has 0 aliphatic carbocycles. The van der Waals surface area contributed by atoms with Gasteiger partial charge in [-0.2, -0.15) is 0 Å². The van der Waals surface area contributed by atoms with Gasteiger partial charge in [0.2, 0.25) is 0 Å². The topological polar surface area (TPSA) is 87.9 Å². The van der Waals surface area contributed by atoms with Gasteiger partial charge >= 0.3 is 0 Å². The van der Waals surface area contributed by atoms with E-state index in [2.05, 4.69) is 47.2 Å². The number of nitrogens with one attached hydrogen (secondary N) is 1. The summed E-state index contributed by atoms with van der Waals surface area (Å²) in [6.45, 7) is 8.76. The molecule has 0 saturated carbocycles. The zero-order valence-corrected chi connectivity index (χ0v) is 17.3. The molecule has 8 nitrogen and oxygen atoms in total. The number of para-hydroxylation sites is 1. The Bertz CT molecular complexity index is 949. The first-order chi connectivity index (χ1) is 14.4. The molecule has 2 aliphatic heterocycles. The minimum Gasteiger partial charge on any atom is -0.478 e. The maximum absolute atomic E-state index is 12.4.